The maximum absolute atomic E-state index is 5.01. The number of nitrogens with one attached hydrogen (secondary N) is 1. The Bertz CT molecular complexity index is 516. The lowest BCUT2D eigenvalue weighted by molar-refractivity contribution is 0.783. The Morgan fingerprint density at radius 1 is 1.50 bits per heavy atom. The molecule has 0 aliphatic carbocycles. The van der Waals surface area contributed by atoms with E-state index in [1.807, 2.05) is 25.1 Å². The van der Waals surface area contributed by atoms with E-state index in [4.69, 9.17) is 12.2 Å². The van der Waals surface area contributed by atoms with Gasteiger partial charge in [-0.05, 0) is 46.7 Å². The molecule has 0 bridgehead atoms. The van der Waals surface area contributed by atoms with Crippen molar-refractivity contribution in [1.82, 2.24) is 20.2 Å². The third kappa shape index (κ3) is 1.51. The lowest BCUT2D eigenvalue weighted by Crippen LogP contribution is -1.98. The summed E-state index contributed by atoms with van der Waals surface area (Å²) < 4.78 is 3.05. The fourth-order valence-corrected chi connectivity index (χ4v) is 1.78. The largest absolute Gasteiger partial charge is 0.242 e. The molecule has 0 amide bonds. The quantitative estimate of drug-likeness (QED) is 0.810. The Morgan fingerprint density at radius 3 is 2.93 bits per heavy atom. The van der Waals surface area contributed by atoms with E-state index in [2.05, 4.69) is 31.5 Å². The first-order chi connectivity index (χ1) is 6.70. The van der Waals surface area contributed by atoms with E-state index in [9.17, 15) is 0 Å². The number of tetrazole rings is 1. The monoisotopic (exact) mass is 270 g/mol. The van der Waals surface area contributed by atoms with Gasteiger partial charge >= 0.3 is 0 Å². The Kier molecular flexibility index (Phi) is 2.47. The second-order valence-electron chi connectivity index (χ2n) is 2.83. The van der Waals surface area contributed by atoms with Gasteiger partial charge in [0.15, 0.2) is 0 Å². The van der Waals surface area contributed by atoms with Crippen LogP contribution in [-0.4, -0.2) is 20.2 Å². The summed E-state index contributed by atoms with van der Waals surface area (Å²) in [5.74, 6) is 0. The molecule has 2 aromatic rings. The second-order valence-corrected chi connectivity index (χ2v) is 3.98. The highest BCUT2D eigenvalue weighted by Gasteiger charge is 2.05. The number of hydrogen-bond donors (Lipinski definition) is 1. The Labute approximate surface area is 94.1 Å². The minimum absolute atomic E-state index is 0.413. The van der Waals surface area contributed by atoms with Crippen LogP contribution in [0.2, 0.25) is 0 Å². The van der Waals surface area contributed by atoms with E-state index in [1.54, 1.807) is 4.68 Å². The molecule has 0 aliphatic rings. The number of nitrogens with zero attached hydrogens (tertiary/aromatic N) is 3. The van der Waals surface area contributed by atoms with Crippen LogP contribution < -0.4 is 0 Å². The molecule has 1 aromatic carbocycles. The molecule has 1 aromatic heterocycles. The number of aryl methyl sites for hydroxylation is 1. The summed E-state index contributed by atoms with van der Waals surface area (Å²) in [6.07, 6.45) is 0. The van der Waals surface area contributed by atoms with Crippen molar-refractivity contribution in [3.8, 4) is 5.69 Å². The average molecular weight is 271 g/mol. The summed E-state index contributed by atoms with van der Waals surface area (Å²) in [4.78, 5) is 0. The van der Waals surface area contributed by atoms with Gasteiger partial charge in [0.25, 0.3) is 0 Å². The molecule has 2 rings (SSSR count). The number of hydrogen-bond acceptors (Lipinski definition) is 3. The van der Waals surface area contributed by atoms with Crippen molar-refractivity contribution in [3.63, 3.8) is 0 Å². The zero-order valence-corrected chi connectivity index (χ0v) is 9.76. The number of aromatic amines is 1. The number of H-pyrrole nitrogens is 1. The molecular weight excluding hydrogens is 264 g/mol. The van der Waals surface area contributed by atoms with Gasteiger partial charge in [-0.1, -0.05) is 22.4 Å². The van der Waals surface area contributed by atoms with Crippen molar-refractivity contribution in [3.05, 3.63) is 33.0 Å². The first kappa shape index (κ1) is 9.54. The van der Waals surface area contributed by atoms with Crippen LogP contribution in [0.4, 0.5) is 0 Å². The molecule has 4 nitrogen and oxygen atoms in total. The predicted octanol–water partition coefficient (Wildman–Crippen LogP) is 2.40. The van der Waals surface area contributed by atoms with Crippen molar-refractivity contribution in [2.45, 2.75) is 6.92 Å². The average Bonchev–Trinajstić information content (AvgIpc) is 2.57. The topological polar surface area (TPSA) is 46.5 Å². The van der Waals surface area contributed by atoms with Crippen LogP contribution in [0.5, 0.6) is 0 Å². The third-order valence-corrected chi connectivity index (χ3v) is 3.18. The fourth-order valence-electron chi connectivity index (χ4n) is 1.16. The normalized spacial score (nSPS) is 10.4. The number of benzene rings is 1. The van der Waals surface area contributed by atoms with Gasteiger partial charge in [0.1, 0.15) is 0 Å². The summed E-state index contributed by atoms with van der Waals surface area (Å²) in [5.41, 5.74) is 2.05. The molecule has 0 fully saturated rings. The van der Waals surface area contributed by atoms with Gasteiger partial charge < -0.3 is 0 Å². The smallest absolute Gasteiger partial charge is 0.208 e. The molecule has 0 saturated carbocycles. The SMILES string of the molecule is Cc1cccc(-n2[nH]nnc2=S)c1Br. The first-order valence-corrected chi connectivity index (χ1v) is 5.16. The highest BCUT2D eigenvalue weighted by Crippen LogP contribution is 2.23. The predicted molar refractivity (Wildman–Crippen MR) is 59.0 cm³/mol. The molecule has 0 aliphatic heterocycles. The lowest BCUT2D eigenvalue weighted by atomic mass is 10.2. The van der Waals surface area contributed by atoms with Crippen molar-refractivity contribution in [1.29, 1.82) is 0 Å². The van der Waals surface area contributed by atoms with Crippen LogP contribution in [0.1, 0.15) is 5.56 Å². The van der Waals surface area contributed by atoms with Crippen LogP contribution in [0.15, 0.2) is 22.7 Å². The Hall–Kier alpha value is -1.01. The maximum Gasteiger partial charge on any atom is 0.242 e. The number of rotatable bonds is 1. The minimum atomic E-state index is 0.413. The third-order valence-electron chi connectivity index (χ3n) is 1.88. The van der Waals surface area contributed by atoms with Gasteiger partial charge in [0.05, 0.1) is 5.69 Å². The van der Waals surface area contributed by atoms with E-state index in [0.717, 1.165) is 15.7 Å². The van der Waals surface area contributed by atoms with E-state index in [0.29, 0.717) is 4.77 Å². The first-order valence-electron chi connectivity index (χ1n) is 3.96. The van der Waals surface area contributed by atoms with Crippen LogP contribution in [0, 0.1) is 11.7 Å². The number of halogens is 1. The van der Waals surface area contributed by atoms with Gasteiger partial charge in [-0.2, -0.15) is 5.21 Å². The van der Waals surface area contributed by atoms with Crippen LogP contribution >= 0.6 is 28.1 Å². The zero-order valence-electron chi connectivity index (χ0n) is 7.36. The molecular formula is C8H7BrN4S. The second kappa shape index (κ2) is 3.62. The molecule has 1 heterocycles. The summed E-state index contributed by atoms with van der Waals surface area (Å²) >= 11 is 8.50. The summed E-state index contributed by atoms with van der Waals surface area (Å²) in [6, 6.07) is 5.91. The zero-order chi connectivity index (χ0) is 10.1. The van der Waals surface area contributed by atoms with Crippen molar-refractivity contribution < 1.29 is 0 Å². The summed E-state index contributed by atoms with van der Waals surface area (Å²) in [7, 11) is 0. The van der Waals surface area contributed by atoms with E-state index in [1.165, 1.54) is 0 Å². The Balaban J connectivity index is 2.69. The van der Waals surface area contributed by atoms with E-state index >= 15 is 0 Å². The van der Waals surface area contributed by atoms with Gasteiger partial charge in [-0.15, -0.1) is 0 Å². The summed E-state index contributed by atoms with van der Waals surface area (Å²) in [6.45, 7) is 2.01. The maximum atomic E-state index is 5.01. The molecule has 1 N–H and O–H groups in total. The molecule has 0 saturated heterocycles. The highest BCUT2D eigenvalue weighted by atomic mass is 79.9. The minimum Gasteiger partial charge on any atom is -0.208 e. The van der Waals surface area contributed by atoms with Gasteiger partial charge in [0.2, 0.25) is 4.77 Å². The van der Waals surface area contributed by atoms with Gasteiger partial charge in [0, 0.05) is 4.47 Å². The molecule has 6 heteroatoms. The summed E-state index contributed by atoms with van der Waals surface area (Å²) in [5, 5.41) is 10.1. The van der Waals surface area contributed by atoms with Crippen LogP contribution in [-0.2, 0) is 0 Å². The highest BCUT2D eigenvalue weighted by molar-refractivity contribution is 9.10. The lowest BCUT2D eigenvalue weighted by Gasteiger charge is -2.05. The van der Waals surface area contributed by atoms with Gasteiger partial charge in [-0.25, -0.2) is 4.68 Å². The van der Waals surface area contributed by atoms with E-state index < -0.39 is 0 Å². The van der Waals surface area contributed by atoms with Gasteiger partial charge in [-0.3, -0.25) is 0 Å². The van der Waals surface area contributed by atoms with Crippen LogP contribution in [0.25, 0.3) is 5.69 Å². The molecule has 0 radical (unpaired) electrons. The van der Waals surface area contributed by atoms with Crippen molar-refractivity contribution in [2.24, 2.45) is 0 Å². The number of aromatic nitrogens is 4. The Morgan fingerprint density at radius 2 is 2.29 bits per heavy atom. The molecule has 72 valence electrons. The van der Waals surface area contributed by atoms with Crippen molar-refractivity contribution >= 4 is 28.1 Å². The van der Waals surface area contributed by atoms with E-state index in [-0.39, 0.29) is 0 Å². The molecule has 0 atom stereocenters. The fraction of sp³-hybridized carbons (Fsp3) is 0.125. The molecule has 14 heavy (non-hydrogen) atoms. The van der Waals surface area contributed by atoms with Crippen LogP contribution in [0.3, 0.4) is 0 Å². The standard InChI is InChI=1S/C8H7BrN4S/c1-5-3-2-4-6(7(5)9)13-8(14)10-11-12-13/h2-4H,1H3,(H,10,12,14). The molecule has 0 spiro atoms. The van der Waals surface area contributed by atoms with Crippen molar-refractivity contribution in [2.75, 3.05) is 0 Å². The molecule has 0 unspecified atom stereocenters.